The largest absolute Gasteiger partial charge is 0.388 e. The maximum absolute atomic E-state index is 11.2. The molecule has 0 saturated heterocycles. The van der Waals surface area contributed by atoms with Crippen LogP contribution in [0.4, 0.5) is 0 Å². The van der Waals surface area contributed by atoms with Gasteiger partial charge in [0.2, 0.25) is 5.91 Å². The maximum Gasteiger partial charge on any atom is 0.237 e. The van der Waals surface area contributed by atoms with E-state index in [0.29, 0.717) is 12.5 Å². The van der Waals surface area contributed by atoms with Gasteiger partial charge in [0.1, 0.15) is 5.38 Å². The molecule has 0 aromatic carbocycles. The highest BCUT2D eigenvalue weighted by Crippen LogP contribution is 2.31. The molecule has 4 heteroatoms. The van der Waals surface area contributed by atoms with Crippen molar-refractivity contribution in [3.63, 3.8) is 0 Å². The molecule has 1 aliphatic rings. The first-order valence-electron chi connectivity index (χ1n) is 5.57. The SMILES string of the molecule is CC1CCC(O)(CNC(=O)C(C)Cl)CC1. The number of carbonyl (C=O) groups excluding carboxylic acids is 1. The van der Waals surface area contributed by atoms with Gasteiger partial charge in [-0.3, -0.25) is 4.79 Å². The van der Waals surface area contributed by atoms with E-state index in [-0.39, 0.29) is 5.91 Å². The van der Waals surface area contributed by atoms with E-state index in [0.717, 1.165) is 25.7 Å². The van der Waals surface area contributed by atoms with Crippen LogP contribution >= 0.6 is 11.6 Å². The van der Waals surface area contributed by atoms with Gasteiger partial charge in [-0.15, -0.1) is 11.6 Å². The van der Waals surface area contributed by atoms with E-state index in [9.17, 15) is 9.90 Å². The van der Waals surface area contributed by atoms with Gasteiger partial charge in [0.05, 0.1) is 5.60 Å². The van der Waals surface area contributed by atoms with Gasteiger partial charge in [-0.1, -0.05) is 6.92 Å². The van der Waals surface area contributed by atoms with Crippen LogP contribution in [0.5, 0.6) is 0 Å². The van der Waals surface area contributed by atoms with Gasteiger partial charge in [0, 0.05) is 6.54 Å². The fourth-order valence-electron chi connectivity index (χ4n) is 1.87. The van der Waals surface area contributed by atoms with Gasteiger partial charge in [0.15, 0.2) is 0 Å². The van der Waals surface area contributed by atoms with Gasteiger partial charge in [0.25, 0.3) is 0 Å². The molecule has 2 N–H and O–H groups in total. The molecule has 1 saturated carbocycles. The Hall–Kier alpha value is -0.280. The molecule has 0 aromatic heterocycles. The molecule has 0 radical (unpaired) electrons. The summed E-state index contributed by atoms with van der Waals surface area (Å²) in [6.07, 6.45) is 3.60. The molecule has 1 rings (SSSR count). The third-order valence-corrected chi connectivity index (χ3v) is 3.36. The summed E-state index contributed by atoms with van der Waals surface area (Å²) < 4.78 is 0. The molecule has 1 aliphatic carbocycles. The number of aliphatic hydroxyl groups is 1. The first-order chi connectivity index (χ1) is 6.93. The fraction of sp³-hybridized carbons (Fsp3) is 0.909. The lowest BCUT2D eigenvalue weighted by atomic mass is 9.79. The predicted octanol–water partition coefficient (Wildman–Crippen LogP) is 1.67. The van der Waals surface area contributed by atoms with E-state index in [4.69, 9.17) is 11.6 Å². The van der Waals surface area contributed by atoms with Crippen LogP contribution in [0.2, 0.25) is 0 Å². The summed E-state index contributed by atoms with van der Waals surface area (Å²) in [5.74, 6) is 0.483. The van der Waals surface area contributed by atoms with Crippen molar-refractivity contribution < 1.29 is 9.90 Å². The number of rotatable bonds is 3. The van der Waals surface area contributed by atoms with Crippen LogP contribution < -0.4 is 5.32 Å². The molecule has 15 heavy (non-hydrogen) atoms. The van der Waals surface area contributed by atoms with Crippen LogP contribution in [0.3, 0.4) is 0 Å². The Bertz CT molecular complexity index is 223. The second-order valence-electron chi connectivity index (χ2n) is 4.74. The number of carbonyl (C=O) groups is 1. The molecule has 3 nitrogen and oxygen atoms in total. The van der Waals surface area contributed by atoms with Crippen molar-refractivity contribution in [2.75, 3.05) is 6.54 Å². The topological polar surface area (TPSA) is 49.3 Å². The van der Waals surface area contributed by atoms with E-state index >= 15 is 0 Å². The zero-order chi connectivity index (χ0) is 11.5. The van der Waals surface area contributed by atoms with E-state index in [1.165, 1.54) is 0 Å². The zero-order valence-corrected chi connectivity index (χ0v) is 10.2. The van der Waals surface area contributed by atoms with Gasteiger partial charge < -0.3 is 10.4 Å². The van der Waals surface area contributed by atoms with E-state index in [2.05, 4.69) is 12.2 Å². The number of nitrogens with one attached hydrogen (secondary N) is 1. The molecule has 1 unspecified atom stereocenters. The molecule has 88 valence electrons. The molecule has 1 amide bonds. The summed E-state index contributed by atoms with van der Waals surface area (Å²) in [7, 11) is 0. The van der Waals surface area contributed by atoms with Crippen LogP contribution in [0.1, 0.15) is 39.5 Å². The van der Waals surface area contributed by atoms with Crippen LogP contribution in [0, 0.1) is 5.92 Å². The van der Waals surface area contributed by atoms with Gasteiger partial charge in [-0.25, -0.2) is 0 Å². The van der Waals surface area contributed by atoms with Gasteiger partial charge in [-0.2, -0.15) is 0 Å². The number of hydrogen-bond acceptors (Lipinski definition) is 2. The number of hydrogen-bond donors (Lipinski definition) is 2. The minimum Gasteiger partial charge on any atom is -0.388 e. The highest BCUT2D eigenvalue weighted by Gasteiger charge is 2.32. The van der Waals surface area contributed by atoms with Gasteiger partial charge in [-0.05, 0) is 38.5 Å². The van der Waals surface area contributed by atoms with Crippen molar-refractivity contribution in [3.05, 3.63) is 0 Å². The minimum absolute atomic E-state index is 0.205. The van der Waals surface area contributed by atoms with Crippen LogP contribution in [-0.4, -0.2) is 28.5 Å². The summed E-state index contributed by atoms with van der Waals surface area (Å²) >= 11 is 5.62. The van der Waals surface area contributed by atoms with Gasteiger partial charge >= 0.3 is 0 Å². The highest BCUT2D eigenvalue weighted by molar-refractivity contribution is 6.30. The average Bonchev–Trinajstić information content (AvgIpc) is 2.19. The molecule has 0 aliphatic heterocycles. The first-order valence-corrected chi connectivity index (χ1v) is 6.01. The Morgan fingerprint density at radius 1 is 1.60 bits per heavy atom. The van der Waals surface area contributed by atoms with Crippen molar-refractivity contribution in [2.45, 2.75) is 50.5 Å². The molecule has 1 fully saturated rings. The third kappa shape index (κ3) is 3.99. The number of halogens is 1. The summed E-state index contributed by atoms with van der Waals surface area (Å²) in [4.78, 5) is 11.2. The van der Waals surface area contributed by atoms with Crippen LogP contribution in [0.25, 0.3) is 0 Å². The Kier molecular flexibility index (Phi) is 4.41. The van der Waals surface area contributed by atoms with E-state index in [1.54, 1.807) is 6.92 Å². The maximum atomic E-state index is 11.2. The van der Waals surface area contributed by atoms with Crippen LogP contribution in [0.15, 0.2) is 0 Å². The van der Waals surface area contributed by atoms with Crippen molar-refractivity contribution in [3.8, 4) is 0 Å². The first kappa shape index (κ1) is 12.8. The molecular formula is C11H20ClNO2. The minimum atomic E-state index is -0.714. The smallest absolute Gasteiger partial charge is 0.237 e. The number of alkyl halides is 1. The average molecular weight is 234 g/mol. The molecular weight excluding hydrogens is 214 g/mol. The Labute approximate surface area is 96.2 Å². The summed E-state index contributed by atoms with van der Waals surface area (Å²) in [6, 6.07) is 0. The standard InChI is InChI=1S/C11H20ClNO2/c1-8-3-5-11(15,6-4-8)7-13-10(14)9(2)12/h8-9,15H,3-7H2,1-2H3,(H,13,14). The second-order valence-corrected chi connectivity index (χ2v) is 5.40. The third-order valence-electron chi connectivity index (χ3n) is 3.16. The second kappa shape index (κ2) is 5.17. The normalized spacial score (nSPS) is 33.5. The molecule has 0 bridgehead atoms. The lowest BCUT2D eigenvalue weighted by Gasteiger charge is -2.35. The molecule has 0 heterocycles. The Balaban J connectivity index is 2.34. The van der Waals surface area contributed by atoms with E-state index in [1.807, 2.05) is 0 Å². The quantitative estimate of drug-likeness (QED) is 0.729. The Morgan fingerprint density at radius 2 is 2.13 bits per heavy atom. The summed E-state index contributed by atoms with van der Waals surface area (Å²) in [5, 5.41) is 12.3. The summed E-state index contributed by atoms with van der Waals surface area (Å²) in [5.41, 5.74) is -0.714. The molecule has 0 spiro atoms. The van der Waals surface area contributed by atoms with Crippen molar-refractivity contribution in [2.24, 2.45) is 5.92 Å². The fourth-order valence-corrected chi connectivity index (χ4v) is 1.95. The highest BCUT2D eigenvalue weighted by atomic mass is 35.5. The predicted molar refractivity (Wildman–Crippen MR) is 60.9 cm³/mol. The van der Waals surface area contributed by atoms with Crippen LogP contribution in [-0.2, 0) is 4.79 Å². The number of amides is 1. The lowest BCUT2D eigenvalue weighted by Crippen LogP contribution is -2.46. The summed E-state index contributed by atoms with van der Waals surface area (Å²) in [6.45, 7) is 4.15. The van der Waals surface area contributed by atoms with E-state index < -0.39 is 11.0 Å². The van der Waals surface area contributed by atoms with Crippen molar-refractivity contribution >= 4 is 17.5 Å². The van der Waals surface area contributed by atoms with Crippen molar-refractivity contribution in [1.29, 1.82) is 0 Å². The molecule has 0 aromatic rings. The molecule has 1 atom stereocenters. The Morgan fingerprint density at radius 3 is 2.60 bits per heavy atom. The zero-order valence-electron chi connectivity index (χ0n) is 9.42. The monoisotopic (exact) mass is 233 g/mol. The van der Waals surface area contributed by atoms with Crippen molar-refractivity contribution in [1.82, 2.24) is 5.32 Å². The lowest BCUT2D eigenvalue weighted by molar-refractivity contribution is -0.122.